The first kappa shape index (κ1) is 12.3. The monoisotopic (exact) mass is 261 g/mol. The molecule has 0 spiro atoms. The van der Waals surface area contributed by atoms with Crippen LogP contribution in [-0.2, 0) is 6.54 Å². The van der Waals surface area contributed by atoms with Crippen LogP contribution >= 0.6 is 12.2 Å². The number of hydrogen-bond acceptors (Lipinski definition) is 4. The summed E-state index contributed by atoms with van der Waals surface area (Å²) in [7, 11) is 0. The van der Waals surface area contributed by atoms with Crippen molar-refractivity contribution >= 4 is 24.0 Å². The molecule has 2 rings (SSSR count). The maximum absolute atomic E-state index is 10.9. The van der Waals surface area contributed by atoms with E-state index >= 15 is 0 Å². The lowest BCUT2D eigenvalue weighted by molar-refractivity contribution is 0.0695. The van der Waals surface area contributed by atoms with E-state index in [2.05, 4.69) is 15.5 Å². The van der Waals surface area contributed by atoms with Crippen LogP contribution in [0.15, 0.2) is 36.4 Å². The zero-order chi connectivity index (χ0) is 13.0. The van der Waals surface area contributed by atoms with Crippen molar-refractivity contribution < 1.29 is 9.90 Å². The summed E-state index contributed by atoms with van der Waals surface area (Å²) >= 11 is 4.84. The summed E-state index contributed by atoms with van der Waals surface area (Å²) in [5.74, 6) is -0.619. The number of rotatable bonds is 4. The predicted molar refractivity (Wildman–Crippen MR) is 70.1 cm³/mol. The highest BCUT2D eigenvalue weighted by atomic mass is 32.1. The van der Waals surface area contributed by atoms with Gasteiger partial charge >= 0.3 is 5.97 Å². The lowest BCUT2D eigenvalue weighted by Gasteiger charge is -2.06. The van der Waals surface area contributed by atoms with Crippen LogP contribution < -0.4 is 5.32 Å². The van der Waals surface area contributed by atoms with Gasteiger partial charge in [0.15, 0.2) is 0 Å². The molecule has 0 amide bonds. The van der Waals surface area contributed by atoms with E-state index in [1.165, 1.54) is 6.07 Å². The van der Waals surface area contributed by atoms with Gasteiger partial charge in [-0.3, -0.25) is 5.10 Å². The number of carboxylic acid groups (broad SMARTS) is 1. The Morgan fingerprint density at radius 2 is 2.11 bits per heavy atom. The minimum atomic E-state index is -1.07. The zero-order valence-corrected chi connectivity index (χ0v) is 10.2. The van der Waals surface area contributed by atoms with E-state index in [0.29, 0.717) is 12.4 Å². The minimum Gasteiger partial charge on any atom is -0.478 e. The van der Waals surface area contributed by atoms with Crippen molar-refractivity contribution in [2.45, 2.75) is 6.54 Å². The average Bonchev–Trinajstić information content (AvgIpc) is 2.38. The molecule has 0 radical (unpaired) electrons. The van der Waals surface area contributed by atoms with Gasteiger partial charge in [0, 0.05) is 6.54 Å². The number of nitrogens with zero attached hydrogens (tertiary/aromatic N) is 1. The van der Waals surface area contributed by atoms with Crippen molar-refractivity contribution in [1.82, 2.24) is 10.2 Å². The Morgan fingerprint density at radius 3 is 2.78 bits per heavy atom. The van der Waals surface area contributed by atoms with Gasteiger partial charge < -0.3 is 10.4 Å². The van der Waals surface area contributed by atoms with Crippen LogP contribution in [0.5, 0.6) is 0 Å². The number of aromatic nitrogens is 2. The number of carboxylic acids is 1. The molecule has 0 bridgehead atoms. The van der Waals surface area contributed by atoms with Crippen LogP contribution in [0.2, 0.25) is 0 Å². The predicted octanol–water partition coefficient (Wildman–Crippen LogP) is 2.45. The fourth-order valence-corrected chi connectivity index (χ4v) is 1.64. The van der Waals surface area contributed by atoms with E-state index in [1.54, 1.807) is 0 Å². The van der Waals surface area contributed by atoms with E-state index in [1.807, 2.05) is 30.3 Å². The summed E-state index contributed by atoms with van der Waals surface area (Å²) in [6.07, 6.45) is 0. The van der Waals surface area contributed by atoms with E-state index in [9.17, 15) is 4.79 Å². The minimum absolute atomic E-state index is 0.0376. The van der Waals surface area contributed by atoms with Gasteiger partial charge in [-0.1, -0.05) is 42.5 Å². The Hall–Kier alpha value is -2.21. The molecule has 2 aromatic rings. The molecule has 18 heavy (non-hydrogen) atoms. The van der Waals surface area contributed by atoms with E-state index in [0.717, 1.165) is 5.56 Å². The number of aromatic amines is 1. The number of nitrogens with one attached hydrogen (secondary N) is 2. The normalized spacial score (nSPS) is 10.0. The number of benzene rings is 1. The van der Waals surface area contributed by atoms with Crippen molar-refractivity contribution in [3.63, 3.8) is 0 Å². The molecule has 3 N–H and O–H groups in total. The number of hydrogen-bond donors (Lipinski definition) is 3. The first-order chi connectivity index (χ1) is 8.66. The molecule has 1 aromatic carbocycles. The Labute approximate surface area is 108 Å². The van der Waals surface area contributed by atoms with Gasteiger partial charge in [-0.25, -0.2) is 4.79 Å². The summed E-state index contributed by atoms with van der Waals surface area (Å²) in [4.78, 5) is 10.9. The van der Waals surface area contributed by atoms with Gasteiger partial charge in [0.2, 0.25) is 0 Å². The first-order valence-electron chi connectivity index (χ1n) is 5.27. The highest BCUT2D eigenvalue weighted by molar-refractivity contribution is 7.71. The zero-order valence-electron chi connectivity index (χ0n) is 9.38. The third-order valence-corrected chi connectivity index (χ3v) is 2.66. The molecule has 0 aliphatic carbocycles. The van der Waals surface area contributed by atoms with Crippen LogP contribution in [-0.4, -0.2) is 21.3 Å². The Kier molecular flexibility index (Phi) is 3.69. The molecule has 1 aromatic heterocycles. The molecule has 0 fully saturated rings. The summed E-state index contributed by atoms with van der Waals surface area (Å²) in [6.45, 7) is 0.567. The molecule has 1 heterocycles. The molecule has 5 nitrogen and oxygen atoms in total. The van der Waals surface area contributed by atoms with Crippen molar-refractivity contribution in [3.8, 4) is 0 Å². The maximum atomic E-state index is 10.9. The van der Waals surface area contributed by atoms with Crippen LogP contribution in [0.25, 0.3) is 0 Å². The Morgan fingerprint density at radius 1 is 1.39 bits per heavy atom. The number of H-pyrrole nitrogens is 1. The van der Waals surface area contributed by atoms with E-state index < -0.39 is 5.97 Å². The van der Waals surface area contributed by atoms with Gasteiger partial charge in [-0.2, -0.15) is 5.10 Å². The van der Waals surface area contributed by atoms with Crippen LogP contribution in [0.1, 0.15) is 15.9 Å². The highest BCUT2D eigenvalue weighted by Gasteiger charge is 2.07. The number of anilines is 1. The van der Waals surface area contributed by atoms with Crippen molar-refractivity contribution in [2.24, 2.45) is 0 Å². The Bertz CT molecular complexity index is 610. The van der Waals surface area contributed by atoms with Crippen LogP contribution in [0.4, 0.5) is 5.82 Å². The van der Waals surface area contributed by atoms with E-state index in [-0.39, 0.29) is 10.2 Å². The fourth-order valence-electron chi connectivity index (χ4n) is 1.44. The van der Waals surface area contributed by atoms with Crippen molar-refractivity contribution in [1.29, 1.82) is 0 Å². The third kappa shape index (κ3) is 2.92. The molecule has 0 atom stereocenters. The molecule has 0 saturated heterocycles. The molecule has 0 unspecified atom stereocenters. The second-order valence-electron chi connectivity index (χ2n) is 3.64. The number of carbonyl (C=O) groups is 1. The Balaban J connectivity index is 2.13. The first-order valence-corrected chi connectivity index (χ1v) is 5.68. The molecule has 0 aliphatic rings. The third-order valence-electron chi connectivity index (χ3n) is 2.35. The summed E-state index contributed by atoms with van der Waals surface area (Å²) in [5, 5.41) is 18.4. The quantitative estimate of drug-likeness (QED) is 0.737. The van der Waals surface area contributed by atoms with Crippen LogP contribution in [0.3, 0.4) is 0 Å². The van der Waals surface area contributed by atoms with Crippen LogP contribution in [0, 0.1) is 4.64 Å². The van der Waals surface area contributed by atoms with Crippen molar-refractivity contribution in [3.05, 3.63) is 52.2 Å². The summed E-state index contributed by atoms with van der Waals surface area (Å²) in [5.41, 5.74) is 1.12. The lowest BCUT2D eigenvalue weighted by Crippen LogP contribution is -2.06. The SMILES string of the molecule is O=C(O)c1cc(NCc2ccccc2)n[nH]c1=S. The maximum Gasteiger partial charge on any atom is 0.338 e. The summed E-state index contributed by atoms with van der Waals surface area (Å²) < 4.78 is 0.118. The standard InChI is InChI=1S/C12H11N3O2S/c16-12(17)9-6-10(14-15-11(9)18)13-7-8-4-2-1-3-5-8/h1-6H,7H2,(H,13,14)(H,15,18)(H,16,17). The van der Waals surface area contributed by atoms with Gasteiger partial charge in [0.1, 0.15) is 10.5 Å². The second kappa shape index (κ2) is 5.42. The lowest BCUT2D eigenvalue weighted by atomic mass is 10.2. The average molecular weight is 261 g/mol. The van der Waals surface area contributed by atoms with Gasteiger partial charge in [-0.15, -0.1) is 0 Å². The fraction of sp³-hybridized carbons (Fsp3) is 0.0833. The topological polar surface area (TPSA) is 78.0 Å². The van der Waals surface area contributed by atoms with Gasteiger partial charge in [-0.05, 0) is 11.6 Å². The molecule has 92 valence electrons. The largest absolute Gasteiger partial charge is 0.478 e. The summed E-state index contributed by atoms with van der Waals surface area (Å²) in [6, 6.07) is 11.2. The van der Waals surface area contributed by atoms with Gasteiger partial charge in [0.05, 0.1) is 5.56 Å². The van der Waals surface area contributed by atoms with E-state index in [4.69, 9.17) is 17.3 Å². The van der Waals surface area contributed by atoms with Crippen molar-refractivity contribution in [2.75, 3.05) is 5.32 Å². The molecule has 0 aliphatic heterocycles. The second-order valence-corrected chi connectivity index (χ2v) is 4.05. The molecular formula is C12H11N3O2S. The smallest absolute Gasteiger partial charge is 0.338 e. The number of aromatic carboxylic acids is 1. The molecule has 6 heteroatoms. The molecular weight excluding hydrogens is 250 g/mol. The molecule has 0 saturated carbocycles. The highest BCUT2D eigenvalue weighted by Crippen LogP contribution is 2.09. The van der Waals surface area contributed by atoms with Gasteiger partial charge in [0.25, 0.3) is 0 Å².